The van der Waals surface area contributed by atoms with Crippen molar-refractivity contribution < 1.29 is 9.47 Å². The van der Waals surface area contributed by atoms with Gasteiger partial charge in [0.05, 0.1) is 5.69 Å². The molecule has 110 valence electrons. The van der Waals surface area contributed by atoms with Crippen LogP contribution in [0.2, 0.25) is 0 Å². The van der Waals surface area contributed by atoms with Gasteiger partial charge in [-0.1, -0.05) is 12.1 Å². The minimum absolute atomic E-state index is 0.273. The van der Waals surface area contributed by atoms with E-state index in [9.17, 15) is 0 Å². The summed E-state index contributed by atoms with van der Waals surface area (Å²) in [6.45, 7) is 0.273. The largest absolute Gasteiger partial charge is 0.454 e. The van der Waals surface area contributed by atoms with Crippen molar-refractivity contribution in [3.63, 3.8) is 0 Å². The standard InChI is InChI=1S/C16H13N3O2S/c17-11-3-1-2-10(6-11)13-8-22-16(19-13)18-12-4-5-14-15(7-12)21-9-20-14/h1-8H,9,17H2,(H,18,19). The quantitative estimate of drug-likeness (QED) is 0.719. The van der Waals surface area contributed by atoms with E-state index in [-0.39, 0.29) is 6.79 Å². The van der Waals surface area contributed by atoms with Gasteiger partial charge in [0.1, 0.15) is 0 Å². The number of fused-ring (bicyclic) bond motifs is 1. The molecule has 0 aliphatic carbocycles. The van der Waals surface area contributed by atoms with Gasteiger partial charge in [-0.3, -0.25) is 0 Å². The molecule has 2 heterocycles. The summed E-state index contributed by atoms with van der Waals surface area (Å²) in [6, 6.07) is 13.4. The van der Waals surface area contributed by atoms with Crippen LogP contribution in [-0.2, 0) is 0 Å². The number of hydrogen-bond donors (Lipinski definition) is 2. The van der Waals surface area contributed by atoms with Gasteiger partial charge >= 0.3 is 0 Å². The number of rotatable bonds is 3. The van der Waals surface area contributed by atoms with Crippen LogP contribution in [-0.4, -0.2) is 11.8 Å². The van der Waals surface area contributed by atoms with Crippen LogP contribution in [0.15, 0.2) is 47.8 Å². The average Bonchev–Trinajstić information content (AvgIpc) is 3.16. The summed E-state index contributed by atoms with van der Waals surface area (Å²) in [5, 5.41) is 6.10. The highest BCUT2D eigenvalue weighted by Crippen LogP contribution is 2.36. The van der Waals surface area contributed by atoms with Crippen LogP contribution in [0.25, 0.3) is 11.3 Å². The number of nitrogen functional groups attached to an aromatic ring is 1. The van der Waals surface area contributed by atoms with Crippen molar-refractivity contribution in [1.29, 1.82) is 0 Å². The van der Waals surface area contributed by atoms with Crippen LogP contribution in [0.5, 0.6) is 11.5 Å². The van der Waals surface area contributed by atoms with Crippen molar-refractivity contribution in [3.8, 4) is 22.8 Å². The van der Waals surface area contributed by atoms with Crippen LogP contribution in [0.4, 0.5) is 16.5 Å². The fourth-order valence-corrected chi connectivity index (χ4v) is 3.00. The van der Waals surface area contributed by atoms with Crippen LogP contribution in [0, 0.1) is 0 Å². The smallest absolute Gasteiger partial charge is 0.231 e. The molecule has 0 spiro atoms. The van der Waals surface area contributed by atoms with Gasteiger partial charge in [0.25, 0.3) is 0 Å². The number of ether oxygens (including phenoxy) is 2. The van der Waals surface area contributed by atoms with E-state index in [1.165, 1.54) is 0 Å². The molecular formula is C16H13N3O2S. The van der Waals surface area contributed by atoms with Gasteiger partial charge in [-0.15, -0.1) is 11.3 Å². The molecule has 0 unspecified atom stereocenters. The lowest BCUT2D eigenvalue weighted by Crippen LogP contribution is -1.93. The third-order valence-electron chi connectivity index (χ3n) is 3.31. The van der Waals surface area contributed by atoms with Crippen LogP contribution in [0.3, 0.4) is 0 Å². The Balaban J connectivity index is 1.57. The molecule has 2 aromatic carbocycles. The molecule has 22 heavy (non-hydrogen) atoms. The Kier molecular flexibility index (Phi) is 3.08. The predicted molar refractivity (Wildman–Crippen MR) is 87.8 cm³/mol. The Morgan fingerprint density at radius 2 is 2.00 bits per heavy atom. The second-order valence-electron chi connectivity index (χ2n) is 4.86. The minimum atomic E-state index is 0.273. The van der Waals surface area contributed by atoms with Crippen molar-refractivity contribution in [1.82, 2.24) is 4.98 Å². The Bertz CT molecular complexity index is 832. The van der Waals surface area contributed by atoms with Gasteiger partial charge in [0.15, 0.2) is 16.6 Å². The minimum Gasteiger partial charge on any atom is -0.454 e. The number of benzene rings is 2. The van der Waals surface area contributed by atoms with Gasteiger partial charge in [-0.05, 0) is 24.3 Å². The van der Waals surface area contributed by atoms with E-state index in [2.05, 4.69) is 10.3 Å². The number of nitrogens with two attached hydrogens (primary N) is 1. The number of aromatic nitrogens is 1. The van der Waals surface area contributed by atoms with Crippen molar-refractivity contribution in [2.45, 2.75) is 0 Å². The van der Waals surface area contributed by atoms with Crippen molar-refractivity contribution in [2.75, 3.05) is 17.8 Å². The first kappa shape index (κ1) is 13.0. The molecule has 0 radical (unpaired) electrons. The van der Waals surface area contributed by atoms with E-state index >= 15 is 0 Å². The molecule has 1 aromatic heterocycles. The van der Waals surface area contributed by atoms with Crippen LogP contribution in [0.1, 0.15) is 0 Å². The highest BCUT2D eigenvalue weighted by molar-refractivity contribution is 7.14. The summed E-state index contributed by atoms with van der Waals surface area (Å²) < 4.78 is 10.7. The summed E-state index contributed by atoms with van der Waals surface area (Å²) in [4.78, 5) is 4.59. The topological polar surface area (TPSA) is 69.4 Å². The maximum atomic E-state index is 5.81. The molecule has 1 aliphatic heterocycles. The molecule has 5 nitrogen and oxygen atoms in total. The highest BCUT2D eigenvalue weighted by Gasteiger charge is 2.13. The molecule has 4 rings (SSSR count). The maximum absolute atomic E-state index is 5.81. The number of thiazole rings is 1. The number of anilines is 3. The third kappa shape index (κ3) is 2.44. The first-order valence-corrected chi connectivity index (χ1v) is 7.64. The average molecular weight is 311 g/mol. The van der Waals surface area contributed by atoms with E-state index in [0.29, 0.717) is 0 Å². The third-order valence-corrected chi connectivity index (χ3v) is 4.07. The van der Waals surface area contributed by atoms with E-state index < -0.39 is 0 Å². The van der Waals surface area contributed by atoms with Crippen LogP contribution >= 0.6 is 11.3 Å². The van der Waals surface area contributed by atoms with Gasteiger partial charge in [0, 0.05) is 28.4 Å². The number of nitrogens with one attached hydrogen (secondary N) is 1. The number of hydrogen-bond acceptors (Lipinski definition) is 6. The monoisotopic (exact) mass is 311 g/mol. The lowest BCUT2D eigenvalue weighted by Gasteiger charge is -2.03. The molecule has 0 bridgehead atoms. The van der Waals surface area contributed by atoms with E-state index in [1.54, 1.807) is 11.3 Å². The first-order valence-electron chi connectivity index (χ1n) is 6.76. The van der Waals surface area contributed by atoms with E-state index in [0.717, 1.165) is 39.3 Å². The summed E-state index contributed by atoms with van der Waals surface area (Å²) in [7, 11) is 0. The number of nitrogens with zero attached hydrogens (tertiary/aromatic N) is 1. The molecular weight excluding hydrogens is 298 g/mol. The Morgan fingerprint density at radius 1 is 1.09 bits per heavy atom. The zero-order chi connectivity index (χ0) is 14.9. The molecule has 1 aliphatic rings. The molecule has 3 aromatic rings. The molecule has 0 saturated carbocycles. The van der Waals surface area contributed by atoms with Gasteiger partial charge in [0.2, 0.25) is 6.79 Å². The molecule has 3 N–H and O–H groups in total. The zero-order valence-electron chi connectivity index (χ0n) is 11.6. The maximum Gasteiger partial charge on any atom is 0.231 e. The van der Waals surface area contributed by atoms with Gasteiger partial charge < -0.3 is 20.5 Å². The van der Waals surface area contributed by atoms with Gasteiger partial charge in [-0.2, -0.15) is 0 Å². The second kappa shape index (κ2) is 5.23. The van der Waals surface area contributed by atoms with Crippen LogP contribution < -0.4 is 20.5 Å². The van der Waals surface area contributed by atoms with Crippen molar-refractivity contribution in [2.24, 2.45) is 0 Å². The molecule has 0 amide bonds. The summed E-state index contributed by atoms with van der Waals surface area (Å²) in [5.41, 5.74) is 9.37. The van der Waals surface area contributed by atoms with Gasteiger partial charge in [-0.25, -0.2) is 4.98 Å². The SMILES string of the molecule is Nc1cccc(-c2csc(Nc3ccc4c(c3)OCO4)n2)c1. The fraction of sp³-hybridized carbons (Fsp3) is 0.0625. The molecule has 0 saturated heterocycles. The van der Waals surface area contributed by atoms with Crippen molar-refractivity contribution in [3.05, 3.63) is 47.8 Å². The van der Waals surface area contributed by atoms with E-state index in [4.69, 9.17) is 15.2 Å². The Morgan fingerprint density at radius 3 is 2.91 bits per heavy atom. The molecule has 0 fully saturated rings. The normalized spacial score (nSPS) is 12.4. The summed E-state index contributed by atoms with van der Waals surface area (Å²) >= 11 is 1.54. The lowest BCUT2D eigenvalue weighted by atomic mass is 10.1. The fourth-order valence-electron chi connectivity index (χ4n) is 2.26. The first-order chi connectivity index (χ1) is 10.8. The Labute approximate surface area is 131 Å². The predicted octanol–water partition coefficient (Wildman–Crippen LogP) is 3.86. The second-order valence-corrected chi connectivity index (χ2v) is 5.71. The van der Waals surface area contributed by atoms with Crippen molar-refractivity contribution >= 4 is 27.8 Å². The molecule has 0 atom stereocenters. The summed E-state index contributed by atoms with van der Waals surface area (Å²) in [6.07, 6.45) is 0. The summed E-state index contributed by atoms with van der Waals surface area (Å²) in [5.74, 6) is 1.52. The Hall–Kier alpha value is -2.73. The zero-order valence-corrected chi connectivity index (χ0v) is 12.4. The highest BCUT2D eigenvalue weighted by atomic mass is 32.1. The molecule has 6 heteroatoms. The van der Waals surface area contributed by atoms with E-state index in [1.807, 2.05) is 47.8 Å². The lowest BCUT2D eigenvalue weighted by molar-refractivity contribution is 0.174.